The molecule has 6 heteroatoms. The minimum atomic E-state index is -1.99. The van der Waals surface area contributed by atoms with E-state index >= 15 is 0 Å². The summed E-state index contributed by atoms with van der Waals surface area (Å²) in [5, 5.41) is 0.507. The van der Waals surface area contributed by atoms with E-state index in [2.05, 4.69) is 171 Å². The molecule has 0 aliphatic heterocycles. The predicted molar refractivity (Wildman–Crippen MR) is 237 cm³/mol. The summed E-state index contributed by atoms with van der Waals surface area (Å²) >= 11 is 0. The van der Waals surface area contributed by atoms with Crippen LogP contribution in [0.2, 0.25) is 54.4 Å². The van der Waals surface area contributed by atoms with Crippen molar-refractivity contribution in [2.75, 3.05) is 0 Å². The van der Waals surface area contributed by atoms with E-state index in [1.165, 1.54) is 41.5 Å². The van der Waals surface area contributed by atoms with Crippen molar-refractivity contribution in [1.82, 2.24) is 0 Å². The zero-order valence-electron chi connectivity index (χ0n) is 37.8. The Bertz CT molecular complexity index is 1570. The highest BCUT2D eigenvalue weighted by molar-refractivity contribution is 6.75. The molecule has 0 bridgehead atoms. The molecule has 1 aromatic rings. The Balaban J connectivity index is 1.56. The second-order valence-corrected chi connectivity index (χ2v) is 36.5. The van der Waals surface area contributed by atoms with Gasteiger partial charge in [0.1, 0.15) is 5.75 Å². The van der Waals surface area contributed by atoms with E-state index in [9.17, 15) is 0 Å². The van der Waals surface area contributed by atoms with Crippen LogP contribution in [0, 0.1) is 35.0 Å². The van der Waals surface area contributed by atoms with Crippen LogP contribution < -0.4 is 4.43 Å². The summed E-state index contributed by atoms with van der Waals surface area (Å²) in [7, 11) is -5.80. The molecule has 0 radical (unpaired) electrons. The standard InChI is InChI=1S/C47H80O3Si3/c1-33(36-24-26-39(27-25-36)48-51(14,15)44(4,5)6)34(2)41-28-29-42-37(21-20-30-47(41,42)13)22-23-38-31-40(49-52(16,17)45(7,8)9)32-43(35(38)3)50-53(18,19)46(10,11)12/h21,24-27,33-34,40-43H,20,28-32H2,1-19H3/t33?,34-,40-,41-,42+,43+,47-/m1/s1. The molecular formula is C47H80O3Si3. The zero-order chi connectivity index (χ0) is 40.2. The molecule has 0 aromatic heterocycles. The topological polar surface area (TPSA) is 27.7 Å². The van der Waals surface area contributed by atoms with Crippen molar-refractivity contribution in [3.8, 4) is 17.6 Å². The van der Waals surface area contributed by atoms with Crippen LogP contribution in [0.5, 0.6) is 5.75 Å². The Morgan fingerprint density at radius 2 is 1.30 bits per heavy atom. The van der Waals surface area contributed by atoms with Crippen LogP contribution in [0.4, 0.5) is 0 Å². The van der Waals surface area contributed by atoms with E-state index < -0.39 is 25.0 Å². The average molecular weight is 777 g/mol. The van der Waals surface area contributed by atoms with Gasteiger partial charge in [-0.05, 0) is 139 Å². The summed E-state index contributed by atoms with van der Waals surface area (Å²) in [6.45, 7) is 45.1. The summed E-state index contributed by atoms with van der Waals surface area (Å²) in [6.07, 6.45) is 9.45. The number of rotatable bonds is 9. The fraction of sp³-hybridized carbons (Fsp3) is 0.745. The zero-order valence-corrected chi connectivity index (χ0v) is 40.8. The van der Waals surface area contributed by atoms with Gasteiger partial charge < -0.3 is 13.3 Å². The van der Waals surface area contributed by atoms with Crippen LogP contribution in [0.15, 0.2) is 47.1 Å². The largest absolute Gasteiger partial charge is 0.544 e. The first-order chi connectivity index (χ1) is 24.0. The van der Waals surface area contributed by atoms with Gasteiger partial charge in [0.15, 0.2) is 16.6 Å². The van der Waals surface area contributed by atoms with E-state index in [4.69, 9.17) is 13.3 Å². The molecule has 1 fully saturated rings. The Labute approximate surface area is 331 Å². The monoisotopic (exact) mass is 777 g/mol. The van der Waals surface area contributed by atoms with Crippen LogP contribution in [0.25, 0.3) is 0 Å². The SMILES string of the molecule is CC1=C(C#CC2=CCC[C@]3(C)[C@@H]([C@H](C)C(C)c4ccc(O[Si](C)(C)C(C)(C)C)cc4)CC[C@@H]23)C[C@@H](O[Si](C)(C)C(C)(C)C)C[C@@H]1O[Si](C)(C)C(C)(C)C. The van der Waals surface area contributed by atoms with Gasteiger partial charge in [-0.1, -0.05) is 113 Å². The van der Waals surface area contributed by atoms with Crippen molar-refractivity contribution >= 4 is 25.0 Å². The molecule has 1 saturated carbocycles. The van der Waals surface area contributed by atoms with E-state index in [0.29, 0.717) is 23.7 Å². The van der Waals surface area contributed by atoms with Gasteiger partial charge in [-0.15, -0.1) is 0 Å². The van der Waals surface area contributed by atoms with Crippen molar-refractivity contribution in [3.63, 3.8) is 0 Å². The summed E-state index contributed by atoms with van der Waals surface area (Å²) in [6, 6.07) is 9.11. The van der Waals surface area contributed by atoms with Gasteiger partial charge in [0.2, 0.25) is 8.32 Å². The summed E-state index contributed by atoms with van der Waals surface area (Å²) < 4.78 is 20.9. The quantitative estimate of drug-likeness (QED) is 0.185. The lowest BCUT2D eigenvalue weighted by atomic mass is 9.60. The van der Waals surface area contributed by atoms with Crippen molar-refractivity contribution in [2.45, 2.75) is 201 Å². The molecule has 0 amide bonds. The normalized spacial score (nSPS) is 27.4. The average Bonchev–Trinajstić information content (AvgIpc) is 3.36. The van der Waals surface area contributed by atoms with Crippen LogP contribution in [-0.4, -0.2) is 37.2 Å². The third kappa shape index (κ3) is 9.61. The van der Waals surface area contributed by atoms with Crippen LogP contribution in [0.3, 0.4) is 0 Å². The molecule has 1 unspecified atom stereocenters. The van der Waals surface area contributed by atoms with Gasteiger partial charge in [-0.2, -0.15) is 0 Å². The van der Waals surface area contributed by atoms with Crippen molar-refractivity contribution in [2.24, 2.45) is 23.2 Å². The van der Waals surface area contributed by atoms with Gasteiger partial charge in [-0.3, -0.25) is 0 Å². The second-order valence-electron chi connectivity index (χ2n) is 22.2. The third-order valence-electron chi connectivity index (χ3n) is 15.6. The van der Waals surface area contributed by atoms with Gasteiger partial charge in [0, 0.05) is 24.0 Å². The van der Waals surface area contributed by atoms with Gasteiger partial charge in [0.05, 0.1) is 12.2 Å². The highest BCUT2D eigenvalue weighted by atomic mass is 28.4. The van der Waals surface area contributed by atoms with E-state index in [-0.39, 0.29) is 32.7 Å². The minimum absolute atomic E-state index is 0.0696. The Morgan fingerprint density at radius 1 is 0.755 bits per heavy atom. The van der Waals surface area contributed by atoms with Crippen LogP contribution in [-0.2, 0) is 8.85 Å². The fourth-order valence-corrected chi connectivity index (χ4v) is 12.2. The third-order valence-corrected chi connectivity index (χ3v) is 29.0. The van der Waals surface area contributed by atoms with Crippen LogP contribution >= 0.6 is 0 Å². The van der Waals surface area contributed by atoms with E-state index in [1.807, 2.05) is 0 Å². The van der Waals surface area contributed by atoms with E-state index in [1.54, 1.807) is 0 Å². The molecule has 53 heavy (non-hydrogen) atoms. The van der Waals surface area contributed by atoms with Gasteiger partial charge in [-0.25, -0.2) is 0 Å². The summed E-state index contributed by atoms with van der Waals surface area (Å²) in [4.78, 5) is 0. The molecule has 298 valence electrons. The summed E-state index contributed by atoms with van der Waals surface area (Å²) in [5.74, 6) is 11.0. The molecule has 7 atom stereocenters. The fourth-order valence-electron chi connectivity index (χ4n) is 8.49. The van der Waals surface area contributed by atoms with Crippen LogP contribution in [0.1, 0.15) is 140 Å². The summed E-state index contributed by atoms with van der Waals surface area (Å²) in [5.41, 5.74) is 5.69. The first-order valence-electron chi connectivity index (χ1n) is 21.1. The maximum Gasteiger partial charge on any atom is 0.250 e. The smallest absolute Gasteiger partial charge is 0.250 e. The Morgan fingerprint density at radius 3 is 1.85 bits per heavy atom. The molecule has 3 aliphatic carbocycles. The Hall–Kier alpha value is -1.37. The lowest BCUT2D eigenvalue weighted by Gasteiger charge is -2.45. The van der Waals surface area contributed by atoms with Crippen molar-refractivity contribution < 1.29 is 13.3 Å². The molecule has 0 heterocycles. The highest BCUT2D eigenvalue weighted by Gasteiger charge is 2.51. The highest BCUT2D eigenvalue weighted by Crippen LogP contribution is 2.59. The molecule has 4 rings (SSSR count). The van der Waals surface area contributed by atoms with E-state index in [0.717, 1.165) is 25.0 Å². The van der Waals surface area contributed by atoms with Gasteiger partial charge >= 0.3 is 0 Å². The first-order valence-corrected chi connectivity index (χ1v) is 29.8. The number of fused-ring (bicyclic) bond motifs is 1. The number of allylic oxidation sites excluding steroid dienone is 2. The maximum atomic E-state index is 7.16. The number of hydrogen-bond acceptors (Lipinski definition) is 3. The van der Waals surface area contributed by atoms with Crippen molar-refractivity contribution in [3.05, 3.63) is 52.6 Å². The second kappa shape index (κ2) is 15.5. The lowest BCUT2D eigenvalue weighted by molar-refractivity contribution is 0.0988. The molecule has 1 aromatic carbocycles. The minimum Gasteiger partial charge on any atom is -0.544 e. The molecule has 0 saturated heterocycles. The first kappa shape index (κ1) is 44.3. The number of benzene rings is 1. The Kier molecular flexibility index (Phi) is 13.0. The molecule has 0 N–H and O–H groups in total. The molecular weight excluding hydrogens is 697 g/mol. The molecule has 0 spiro atoms. The number of hydrogen-bond donors (Lipinski definition) is 0. The van der Waals surface area contributed by atoms with Gasteiger partial charge in [0.25, 0.3) is 0 Å². The molecule has 3 nitrogen and oxygen atoms in total. The maximum absolute atomic E-state index is 7.16. The van der Waals surface area contributed by atoms with Crippen molar-refractivity contribution in [1.29, 1.82) is 0 Å². The predicted octanol–water partition coefficient (Wildman–Crippen LogP) is 14.5. The lowest BCUT2D eigenvalue weighted by Crippen LogP contribution is -2.49. The molecule has 3 aliphatic rings.